The fourth-order valence-corrected chi connectivity index (χ4v) is 3.82. The Morgan fingerprint density at radius 2 is 2.12 bits per heavy atom. The molecule has 0 radical (unpaired) electrons. The first-order valence-electron chi connectivity index (χ1n) is 5.67. The molecule has 0 atom stereocenters. The first-order valence-corrected chi connectivity index (χ1v) is 8.33. The Morgan fingerprint density at radius 3 is 2.82 bits per heavy atom. The summed E-state index contributed by atoms with van der Waals surface area (Å²) in [5.74, 6) is 1.65. The Hall–Kier alpha value is 0.1000. The van der Waals surface area contributed by atoms with Crippen molar-refractivity contribution in [3.05, 3.63) is 33.3 Å². The van der Waals surface area contributed by atoms with E-state index >= 15 is 0 Å². The molecule has 2 rings (SSSR count). The first-order chi connectivity index (χ1) is 8.15. The summed E-state index contributed by atoms with van der Waals surface area (Å²) in [7, 11) is -0.591. The number of halogens is 2. The van der Waals surface area contributed by atoms with Gasteiger partial charge in [-0.1, -0.05) is 27.5 Å². The molecule has 0 unspecified atom stereocenters. The highest BCUT2D eigenvalue weighted by Gasteiger charge is 2.17. The lowest BCUT2D eigenvalue weighted by molar-refractivity contribution is 0.475. The van der Waals surface area contributed by atoms with Crippen LogP contribution in [0.5, 0.6) is 0 Å². The van der Waals surface area contributed by atoms with Crippen LogP contribution in [0.15, 0.2) is 22.7 Å². The van der Waals surface area contributed by atoms with E-state index < -0.39 is 10.8 Å². The van der Waals surface area contributed by atoms with Crippen molar-refractivity contribution in [2.45, 2.75) is 25.4 Å². The van der Waals surface area contributed by atoms with Gasteiger partial charge in [0, 0.05) is 44.4 Å². The minimum atomic E-state index is -0.591. The van der Waals surface area contributed by atoms with Gasteiger partial charge >= 0.3 is 0 Å². The fourth-order valence-electron chi connectivity index (χ4n) is 1.93. The van der Waals surface area contributed by atoms with E-state index in [1.807, 2.05) is 18.2 Å². The molecule has 1 N–H and O–H groups in total. The predicted molar refractivity (Wildman–Crippen MR) is 76.9 cm³/mol. The third-order valence-corrected chi connectivity index (χ3v) is 5.22. The Morgan fingerprint density at radius 1 is 1.41 bits per heavy atom. The summed E-state index contributed by atoms with van der Waals surface area (Å²) in [5, 5.41) is 4.28. The Balaban J connectivity index is 1.89. The number of nitrogens with one attached hydrogen (secondary N) is 1. The monoisotopic (exact) mass is 335 g/mol. The zero-order chi connectivity index (χ0) is 12.3. The van der Waals surface area contributed by atoms with Crippen molar-refractivity contribution in [3.8, 4) is 0 Å². The van der Waals surface area contributed by atoms with Crippen LogP contribution in [0, 0.1) is 0 Å². The molecular formula is C12H15BrClNOS. The van der Waals surface area contributed by atoms with Gasteiger partial charge in [0.15, 0.2) is 0 Å². The number of hydrogen-bond donors (Lipinski definition) is 1. The molecule has 1 fully saturated rings. The minimum absolute atomic E-state index is 0.475. The molecule has 1 heterocycles. The zero-order valence-corrected chi connectivity index (χ0v) is 12.6. The lowest BCUT2D eigenvalue weighted by Gasteiger charge is -2.22. The van der Waals surface area contributed by atoms with Crippen molar-refractivity contribution in [1.29, 1.82) is 0 Å². The SMILES string of the molecule is O=S1CCC(NCc2cc(Br)ccc2Cl)CC1. The van der Waals surface area contributed by atoms with Crippen LogP contribution in [0.3, 0.4) is 0 Å². The molecular weight excluding hydrogens is 322 g/mol. The molecule has 0 bridgehead atoms. The van der Waals surface area contributed by atoms with Gasteiger partial charge in [0.2, 0.25) is 0 Å². The van der Waals surface area contributed by atoms with Gasteiger partial charge in [-0.3, -0.25) is 4.21 Å². The predicted octanol–water partition coefficient (Wildman–Crippen LogP) is 3.10. The molecule has 1 aliphatic rings. The second-order valence-electron chi connectivity index (χ2n) is 4.24. The molecule has 0 amide bonds. The van der Waals surface area contributed by atoms with E-state index in [1.54, 1.807) is 0 Å². The van der Waals surface area contributed by atoms with Gasteiger partial charge in [-0.15, -0.1) is 0 Å². The third kappa shape index (κ3) is 4.05. The van der Waals surface area contributed by atoms with Gasteiger partial charge in [0.25, 0.3) is 0 Å². The molecule has 1 saturated heterocycles. The molecule has 94 valence electrons. The van der Waals surface area contributed by atoms with E-state index in [0.717, 1.165) is 46.0 Å². The lowest BCUT2D eigenvalue weighted by atomic mass is 10.1. The van der Waals surface area contributed by atoms with Crippen LogP contribution < -0.4 is 5.32 Å². The summed E-state index contributed by atoms with van der Waals surface area (Å²) in [6, 6.07) is 6.35. The van der Waals surface area contributed by atoms with Crippen molar-refractivity contribution < 1.29 is 4.21 Å². The lowest BCUT2D eigenvalue weighted by Crippen LogP contribution is -2.35. The van der Waals surface area contributed by atoms with Crippen LogP contribution in [-0.2, 0) is 17.3 Å². The quantitative estimate of drug-likeness (QED) is 0.919. The summed E-state index contributed by atoms with van der Waals surface area (Å²) in [6.45, 7) is 0.773. The molecule has 2 nitrogen and oxygen atoms in total. The highest BCUT2D eigenvalue weighted by atomic mass is 79.9. The molecule has 5 heteroatoms. The standard InChI is InChI=1S/C12H15BrClNOS/c13-10-1-2-12(14)9(7-10)8-15-11-3-5-17(16)6-4-11/h1-2,7,11,15H,3-6,8H2. The molecule has 1 aromatic carbocycles. The summed E-state index contributed by atoms with van der Waals surface area (Å²) in [4.78, 5) is 0. The zero-order valence-electron chi connectivity index (χ0n) is 9.42. The average Bonchev–Trinajstić information content (AvgIpc) is 2.32. The normalized spacial score (nSPS) is 24.8. The molecule has 0 aliphatic carbocycles. The van der Waals surface area contributed by atoms with Crippen LogP contribution in [0.4, 0.5) is 0 Å². The summed E-state index contributed by atoms with van der Waals surface area (Å²) >= 11 is 9.57. The van der Waals surface area contributed by atoms with Crippen molar-refractivity contribution in [1.82, 2.24) is 5.32 Å². The molecule has 17 heavy (non-hydrogen) atoms. The maximum atomic E-state index is 11.2. The Kier molecular flexibility index (Phi) is 5.03. The molecule has 1 aromatic rings. The number of rotatable bonds is 3. The van der Waals surface area contributed by atoms with Gasteiger partial charge in [-0.25, -0.2) is 0 Å². The second kappa shape index (κ2) is 6.32. The van der Waals surface area contributed by atoms with Crippen LogP contribution in [-0.4, -0.2) is 21.8 Å². The van der Waals surface area contributed by atoms with Crippen molar-refractivity contribution in [2.75, 3.05) is 11.5 Å². The first kappa shape index (κ1) is 13.5. The topological polar surface area (TPSA) is 29.1 Å². The van der Waals surface area contributed by atoms with E-state index in [4.69, 9.17) is 11.6 Å². The average molecular weight is 337 g/mol. The molecule has 0 spiro atoms. The van der Waals surface area contributed by atoms with E-state index in [9.17, 15) is 4.21 Å². The van der Waals surface area contributed by atoms with Gasteiger partial charge < -0.3 is 5.32 Å². The highest BCUT2D eigenvalue weighted by molar-refractivity contribution is 9.10. The largest absolute Gasteiger partial charge is 0.310 e. The van der Waals surface area contributed by atoms with Gasteiger partial charge in [-0.2, -0.15) is 0 Å². The van der Waals surface area contributed by atoms with Crippen LogP contribution in [0.1, 0.15) is 18.4 Å². The maximum absolute atomic E-state index is 11.2. The van der Waals surface area contributed by atoms with Crippen LogP contribution >= 0.6 is 27.5 Å². The number of hydrogen-bond acceptors (Lipinski definition) is 2. The number of benzene rings is 1. The van der Waals surface area contributed by atoms with Crippen LogP contribution in [0.25, 0.3) is 0 Å². The molecule has 1 aliphatic heterocycles. The van der Waals surface area contributed by atoms with Gasteiger partial charge in [-0.05, 0) is 36.6 Å². The smallest absolute Gasteiger partial charge is 0.0451 e. The van der Waals surface area contributed by atoms with Crippen molar-refractivity contribution in [2.24, 2.45) is 0 Å². The minimum Gasteiger partial charge on any atom is -0.310 e. The third-order valence-electron chi connectivity index (χ3n) is 2.98. The summed E-state index contributed by atoms with van der Waals surface area (Å²) in [6.07, 6.45) is 2.00. The van der Waals surface area contributed by atoms with E-state index in [2.05, 4.69) is 21.2 Å². The fraction of sp³-hybridized carbons (Fsp3) is 0.500. The summed E-state index contributed by atoms with van der Waals surface area (Å²) < 4.78 is 12.3. The van der Waals surface area contributed by atoms with Gasteiger partial charge in [0.05, 0.1) is 0 Å². The molecule has 0 aromatic heterocycles. The van der Waals surface area contributed by atoms with Crippen molar-refractivity contribution >= 4 is 38.3 Å². The Bertz CT molecular complexity index is 417. The van der Waals surface area contributed by atoms with Crippen LogP contribution in [0.2, 0.25) is 5.02 Å². The van der Waals surface area contributed by atoms with Gasteiger partial charge in [0.1, 0.15) is 0 Å². The van der Waals surface area contributed by atoms with E-state index in [1.165, 1.54) is 0 Å². The highest BCUT2D eigenvalue weighted by Crippen LogP contribution is 2.21. The maximum Gasteiger partial charge on any atom is 0.0451 e. The molecule has 0 saturated carbocycles. The second-order valence-corrected chi connectivity index (χ2v) is 7.26. The summed E-state index contributed by atoms with van der Waals surface area (Å²) in [5.41, 5.74) is 1.10. The van der Waals surface area contributed by atoms with E-state index in [0.29, 0.717) is 6.04 Å². The van der Waals surface area contributed by atoms with E-state index in [-0.39, 0.29) is 0 Å². The Labute approximate surface area is 118 Å². The van der Waals surface area contributed by atoms with Crippen molar-refractivity contribution in [3.63, 3.8) is 0 Å².